The van der Waals surface area contributed by atoms with Gasteiger partial charge in [0.05, 0.1) is 12.7 Å². The molecule has 1 atom stereocenters. The monoisotopic (exact) mass is 280 g/mol. The molecule has 1 aromatic carbocycles. The van der Waals surface area contributed by atoms with E-state index in [-0.39, 0.29) is 17.2 Å². The highest BCUT2D eigenvalue weighted by atomic mass is 16.5. The maximum atomic E-state index is 12.1. The summed E-state index contributed by atoms with van der Waals surface area (Å²) in [6, 6.07) is 3.73. The first-order valence-corrected chi connectivity index (χ1v) is 6.32. The third-order valence-electron chi connectivity index (χ3n) is 2.82. The smallest absolute Gasteiger partial charge is 0.326 e. The van der Waals surface area contributed by atoms with Crippen molar-refractivity contribution in [2.24, 2.45) is 5.92 Å². The number of hydrogen-bond donors (Lipinski definition) is 3. The lowest BCUT2D eigenvalue weighted by Gasteiger charge is -2.17. The van der Waals surface area contributed by atoms with Gasteiger partial charge >= 0.3 is 5.97 Å². The van der Waals surface area contributed by atoms with Crippen LogP contribution in [0.2, 0.25) is 0 Å². The molecule has 0 aromatic heterocycles. The first-order chi connectivity index (χ1) is 9.35. The molecule has 0 aliphatic heterocycles. The molecule has 1 rings (SSSR count). The van der Waals surface area contributed by atoms with Crippen molar-refractivity contribution in [3.05, 3.63) is 23.8 Å². The third kappa shape index (κ3) is 4.15. The fourth-order valence-electron chi connectivity index (χ4n) is 1.79. The topological polar surface area (TPSA) is 102 Å². The lowest BCUT2D eigenvalue weighted by molar-refractivity contribution is -0.139. The van der Waals surface area contributed by atoms with E-state index in [0.717, 1.165) is 0 Å². The summed E-state index contributed by atoms with van der Waals surface area (Å²) in [5.74, 6) is -0.942. The Bertz CT molecular complexity index is 500. The van der Waals surface area contributed by atoms with E-state index in [2.05, 4.69) is 5.32 Å². The lowest BCUT2D eigenvalue weighted by atomic mass is 10.0. The summed E-state index contributed by atoms with van der Waals surface area (Å²) in [4.78, 5) is 23.3. The number of carbonyl (C=O) groups excluding carboxylic acids is 1. The van der Waals surface area contributed by atoms with E-state index in [9.17, 15) is 9.59 Å². The molecule has 0 aliphatic rings. The lowest BCUT2D eigenvalue weighted by Crippen LogP contribution is -2.41. The molecule has 20 heavy (non-hydrogen) atoms. The largest absolute Gasteiger partial charge is 0.497 e. The molecule has 0 bridgehead atoms. The summed E-state index contributed by atoms with van der Waals surface area (Å²) in [7, 11) is 1.48. The number of nitrogen functional groups attached to an aromatic ring is 1. The number of rotatable bonds is 6. The highest BCUT2D eigenvalue weighted by Crippen LogP contribution is 2.19. The SMILES string of the molecule is COc1ccc(N)c(C(=O)N[C@H](CC(C)C)C(=O)O)c1. The molecule has 6 nitrogen and oxygen atoms in total. The second kappa shape index (κ2) is 6.79. The zero-order valence-electron chi connectivity index (χ0n) is 11.8. The van der Waals surface area contributed by atoms with Crippen LogP contribution in [0.3, 0.4) is 0 Å². The molecule has 0 radical (unpaired) electrons. The van der Waals surface area contributed by atoms with Gasteiger partial charge in [0.1, 0.15) is 11.8 Å². The van der Waals surface area contributed by atoms with Gasteiger partial charge in [-0.2, -0.15) is 0 Å². The van der Waals surface area contributed by atoms with E-state index in [0.29, 0.717) is 12.2 Å². The van der Waals surface area contributed by atoms with Gasteiger partial charge in [0.15, 0.2) is 0 Å². The molecular formula is C14H20N2O4. The van der Waals surface area contributed by atoms with Crippen LogP contribution in [0.15, 0.2) is 18.2 Å². The standard InChI is InChI=1S/C14H20N2O4/c1-8(2)6-12(14(18)19)16-13(17)10-7-9(20-3)4-5-11(10)15/h4-5,7-8,12H,6,15H2,1-3H3,(H,16,17)(H,18,19)/t12-/m1/s1. The Labute approximate surface area is 117 Å². The number of amides is 1. The van der Waals surface area contributed by atoms with E-state index in [1.54, 1.807) is 12.1 Å². The first-order valence-electron chi connectivity index (χ1n) is 6.32. The molecule has 4 N–H and O–H groups in total. The zero-order chi connectivity index (χ0) is 15.3. The van der Waals surface area contributed by atoms with Gasteiger partial charge in [-0.05, 0) is 30.5 Å². The van der Waals surface area contributed by atoms with Crippen molar-refractivity contribution in [2.75, 3.05) is 12.8 Å². The molecule has 0 saturated carbocycles. The Kier molecular flexibility index (Phi) is 5.37. The fraction of sp³-hybridized carbons (Fsp3) is 0.429. The molecule has 1 amide bonds. The number of nitrogens with two attached hydrogens (primary N) is 1. The van der Waals surface area contributed by atoms with Gasteiger partial charge in [0, 0.05) is 5.69 Å². The Morgan fingerprint density at radius 3 is 2.55 bits per heavy atom. The molecular weight excluding hydrogens is 260 g/mol. The van der Waals surface area contributed by atoms with E-state index in [1.807, 2.05) is 13.8 Å². The maximum Gasteiger partial charge on any atom is 0.326 e. The molecule has 0 heterocycles. The van der Waals surface area contributed by atoms with Crippen LogP contribution >= 0.6 is 0 Å². The number of carbonyl (C=O) groups is 2. The van der Waals surface area contributed by atoms with E-state index >= 15 is 0 Å². The van der Waals surface area contributed by atoms with Gasteiger partial charge in [-0.15, -0.1) is 0 Å². The van der Waals surface area contributed by atoms with Crippen molar-refractivity contribution in [2.45, 2.75) is 26.3 Å². The minimum atomic E-state index is -1.06. The molecule has 0 unspecified atom stereocenters. The van der Waals surface area contributed by atoms with Gasteiger partial charge in [0.2, 0.25) is 0 Å². The van der Waals surface area contributed by atoms with Crippen molar-refractivity contribution >= 4 is 17.6 Å². The molecule has 0 fully saturated rings. The summed E-state index contributed by atoms with van der Waals surface area (Å²) in [5.41, 5.74) is 6.22. The highest BCUT2D eigenvalue weighted by molar-refractivity contribution is 6.01. The molecule has 0 spiro atoms. The number of carboxylic acid groups (broad SMARTS) is 1. The number of nitrogens with one attached hydrogen (secondary N) is 1. The maximum absolute atomic E-state index is 12.1. The van der Waals surface area contributed by atoms with Crippen LogP contribution in [0.4, 0.5) is 5.69 Å². The Morgan fingerprint density at radius 1 is 1.40 bits per heavy atom. The Balaban J connectivity index is 2.91. The summed E-state index contributed by atoms with van der Waals surface area (Å²) >= 11 is 0. The van der Waals surface area contributed by atoms with Crippen LogP contribution in [0.25, 0.3) is 0 Å². The third-order valence-corrected chi connectivity index (χ3v) is 2.82. The molecule has 0 aliphatic carbocycles. The van der Waals surface area contributed by atoms with Gasteiger partial charge in [0.25, 0.3) is 5.91 Å². The minimum absolute atomic E-state index is 0.152. The van der Waals surface area contributed by atoms with Crippen molar-refractivity contribution in [1.82, 2.24) is 5.32 Å². The normalized spacial score (nSPS) is 12.0. The Morgan fingerprint density at radius 2 is 2.05 bits per heavy atom. The van der Waals surface area contributed by atoms with E-state index in [1.165, 1.54) is 13.2 Å². The van der Waals surface area contributed by atoms with Crippen molar-refractivity contribution < 1.29 is 19.4 Å². The molecule has 0 saturated heterocycles. The number of hydrogen-bond acceptors (Lipinski definition) is 4. The molecule has 110 valence electrons. The predicted octanol–water partition coefficient (Wildman–Crippen LogP) is 1.51. The van der Waals surface area contributed by atoms with Crippen LogP contribution in [0.5, 0.6) is 5.75 Å². The number of benzene rings is 1. The van der Waals surface area contributed by atoms with Crippen LogP contribution in [-0.2, 0) is 4.79 Å². The van der Waals surface area contributed by atoms with Gasteiger partial charge in [-0.1, -0.05) is 13.8 Å². The molecule has 1 aromatic rings. The minimum Gasteiger partial charge on any atom is -0.497 e. The summed E-state index contributed by atoms with van der Waals surface area (Å²) in [5, 5.41) is 11.6. The average molecular weight is 280 g/mol. The van der Waals surface area contributed by atoms with Crippen LogP contribution < -0.4 is 15.8 Å². The summed E-state index contributed by atoms with van der Waals surface area (Å²) in [6.07, 6.45) is 0.352. The second-order valence-corrected chi connectivity index (χ2v) is 4.95. The first kappa shape index (κ1) is 15.8. The van der Waals surface area contributed by atoms with Crippen LogP contribution in [-0.4, -0.2) is 30.1 Å². The van der Waals surface area contributed by atoms with E-state index < -0.39 is 17.9 Å². The van der Waals surface area contributed by atoms with Crippen LogP contribution in [0, 0.1) is 5.92 Å². The van der Waals surface area contributed by atoms with Gasteiger partial charge < -0.3 is 20.9 Å². The van der Waals surface area contributed by atoms with Crippen LogP contribution in [0.1, 0.15) is 30.6 Å². The molecule has 6 heteroatoms. The number of methoxy groups -OCH3 is 1. The predicted molar refractivity (Wildman–Crippen MR) is 75.8 cm³/mol. The van der Waals surface area contributed by atoms with Gasteiger partial charge in [-0.25, -0.2) is 4.79 Å². The number of carboxylic acids is 1. The number of aliphatic carboxylic acids is 1. The Hall–Kier alpha value is -2.24. The summed E-state index contributed by atoms with van der Waals surface area (Å²) < 4.78 is 5.03. The fourth-order valence-corrected chi connectivity index (χ4v) is 1.79. The zero-order valence-corrected chi connectivity index (χ0v) is 11.8. The van der Waals surface area contributed by atoms with Crippen molar-refractivity contribution in [3.63, 3.8) is 0 Å². The number of ether oxygens (including phenoxy) is 1. The van der Waals surface area contributed by atoms with Crippen molar-refractivity contribution in [1.29, 1.82) is 0 Å². The van der Waals surface area contributed by atoms with Crippen molar-refractivity contribution in [3.8, 4) is 5.75 Å². The number of anilines is 1. The quantitative estimate of drug-likeness (QED) is 0.685. The second-order valence-electron chi connectivity index (χ2n) is 4.95. The average Bonchev–Trinajstić information content (AvgIpc) is 2.37. The van der Waals surface area contributed by atoms with E-state index in [4.69, 9.17) is 15.6 Å². The highest BCUT2D eigenvalue weighted by Gasteiger charge is 2.22. The summed E-state index contributed by atoms with van der Waals surface area (Å²) in [6.45, 7) is 3.78. The van der Waals surface area contributed by atoms with Gasteiger partial charge in [-0.3, -0.25) is 4.79 Å².